The van der Waals surface area contributed by atoms with E-state index < -0.39 is 0 Å². The Kier molecular flexibility index (Phi) is 5.22. The van der Waals surface area contributed by atoms with Gasteiger partial charge in [-0.3, -0.25) is 0 Å². The average molecular weight is 346 g/mol. The summed E-state index contributed by atoms with van der Waals surface area (Å²) in [5, 5.41) is 6.84. The standard InChI is InChI=1S/C16H24ClNOS2/c1-3-18-14(15-13(17)11(2)9-21-15)12-4-6-19-16(8-12)5-7-20-10-16/h9,12,14,18H,3-8,10H2,1-2H3. The second-order valence-corrected chi connectivity index (χ2v) is 8.61. The van der Waals surface area contributed by atoms with Gasteiger partial charge in [0.2, 0.25) is 0 Å². The first-order valence-corrected chi connectivity index (χ1v) is 10.2. The molecule has 1 spiro atoms. The van der Waals surface area contributed by atoms with Crippen LogP contribution in [-0.4, -0.2) is 30.3 Å². The molecule has 0 aliphatic carbocycles. The molecule has 2 fully saturated rings. The first-order valence-electron chi connectivity index (χ1n) is 7.84. The molecular weight excluding hydrogens is 322 g/mol. The average Bonchev–Trinajstić information content (AvgIpc) is 3.06. The van der Waals surface area contributed by atoms with Gasteiger partial charge in [-0.25, -0.2) is 0 Å². The predicted molar refractivity (Wildman–Crippen MR) is 93.8 cm³/mol. The molecule has 1 N–H and O–H groups in total. The van der Waals surface area contributed by atoms with Crippen LogP contribution in [0, 0.1) is 12.8 Å². The minimum Gasteiger partial charge on any atom is -0.374 e. The highest BCUT2D eigenvalue weighted by Crippen LogP contribution is 2.46. The van der Waals surface area contributed by atoms with Crippen LogP contribution in [0.4, 0.5) is 0 Å². The van der Waals surface area contributed by atoms with Gasteiger partial charge in [-0.2, -0.15) is 11.8 Å². The first-order chi connectivity index (χ1) is 10.2. The van der Waals surface area contributed by atoms with Gasteiger partial charge in [0.1, 0.15) is 0 Å². The van der Waals surface area contributed by atoms with Gasteiger partial charge in [0.25, 0.3) is 0 Å². The Labute approximate surface area is 141 Å². The molecule has 0 bridgehead atoms. The summed E-state index contributed by atoms with van der Waals surface area (Å²) in [6, 6.07) is 0.382. The topological polar surface area (TPSA) is 21.3 Å². The van der Waals surface area contributed by atoms with Gasteiger partial charge in [0, 0.05) is 23.3 Å². The van der Waals surface area contributed by atoms with E-state index >= 15 is 0 Å². The van der Waals surface area contributed by atoms with E-state index in [-0.39, 0.29) is 5.60 Å². The lowest BCUT2D eigenvalue weighted by Crippen LogP contribution is -2.43. The molecule has 3 heterocycles. The minimum absolute atomic E-state index is 0.139. The number of thioether (sulfide) groups is 1. The summed E-state index contributed by atoms with van der Waals surface area (Å²) in [5.41, 5.74) is 1.35. The minimum atomic E-state index is 0.139. The van der Waals surface area contributed by atoms with Gasteiger partial charge in [-0.15, -0.1) is 11.3 Å². The van der Waals surface area contributed by atoms with Crippen LogP contribution < -0.4 is 5.32 Å². The highest BCUT2D eigenvalue weighted by Gasteiger charge is 2.43. The van der Waals surface area contributed by atoms with Crippen LogP contribution in [0.15, 0.2) is 5.38 Å². The molecule has 3 unspecified atom stereocenters. The van der Waals surface area contributed by atoms with E-state index in [2.05, 4.69) is 24.5 Å². The number of nitrogens with one attached hydrogen (secondary N) is 1. The summed E-state index contributed by atoms with van der Waals surface area (Å²) in [7, 11) is 0. The summed E-state index contributed by atoms with van der Waals surface area (Å²) in [4.78, 5) is 1.32. The Bertz CT molecular complexity index is 485. The van der Waals surface area contributed by atoms with Crippen molar-refractivity contribution in [1.29, 1.82) is 0 Å². The lowest BCUT2D eigenvalue weighted by molar-refractivity contribution is -0.0851. The zero-order valence-electron chi connectivity index (χ0n) is 12.8. The van der Waals surface area contributed by atoms with Gasteiger partial charge in [-0.1, -0.05) is 18.5 Å². The van der Waals surface area contributed by atoms with Gasteiger partial charge >= 0.3 is 0 Å². The molecule has 3 atom stereocenters. The van der Waals surface area contributed by atoms with Crippen LogP contribution in [0.2, 0.25) is 5.02 Å². The Balaban J connectivity index is 1.81. The maximum absolute atomic E-state index is 6.54. The number of hydrogen-bond acceptors (Lipinski definition) is 4. The molecule has 3 rings (SSSR count). The van der Waals surface area contributed by atoms with Crippen LogP contribution >= 0.6 is 34.7 Å². The van der Waals surface area contributed by atoms with Crippen molar-refractivity contribution in [3.05, 3.63) is 20.8 Å². The fraction of sp³-hybridized carbons (Fsp3) is 0.750. The summed E-state index contributed by atoms with van der Waals surface area (Å²) in [6.45, 7) is 6.17. The second-order valence-electron chi connectivity index (χ2n) is 6.22. The summed E-state index contributed by atoms with van der Waals surface area (Å²) >= 11 is 10.4. The summed E-state index contributed by atoms with van der Waals surface area (Å²) in [6.07, 6.45) is 3.52. The SMILES string of the molecule is CCNC(c1scc(C)c1Cl)C1CCOC2(CCSC2)C1. The van der Waals surface area contributed by atoms with E-state index in [1.807, 2.05) is 23.1 Å². The van der Waals surface area contributed by atoms with Crippen molar-refractivity contribution < 1.29 is 4.74 Å². The van der Waals surface area contributed by atoms with E-state index in [4.69, 9.17) is 16.3 Å². The van der Waals surface area contributed by atoms with Crippen LogP contribution in [0.5, 0.6) is 0 Å². The molecule has 2 aliphatic rings. The van der Waals surface area contributed by atoms with E-state index in [0.29, 0.717) is 12.0 Å². The number of halogens is 1. The first kappa shape index (κ1) is 16.1. The third-order valence-electron chi connectivity index (χ3n) is 4.70. The molecule has 2 saturated heterocycles. The lowest BCUT2D eigenvalue weighted by atomic mass is 9.80. The third kappa shape index (κ3) is 3.30. The number of rotatable bonds is 4. The normalized spacial score (nSPS) is 30.9. The van der Waals surface area contributed by atoms with Gasteiger partial charge in [0.05, 0.1) is 10.6 Å². The number of thiophene rings is 1. The largest absolute Gasteiger partial charge is 0.374 e. The molecule has 0 saturated carbocycles. The summed E-state index contributed by atoms with van der Waals surface area (Å²) in [5.74, 6) is 3.05. The quantitative estimate of drug-likeness (QED) is 0.857. The monoisotopic (exact) mass is 345 g/mol. The molecule has 2 nitrogen and oxygen atoms in total. The number of hydrogen-bond donors (Lipinski definition) is 1. The molecule has 0 radical (unpaired) electrons. The zero-order chi connectivity index (χ0) is 14.9. The van der Waals surface area contributed by atoms with Crippen molar-refractivity contribution in [3.63, 3.8) is 0 Å². The number of aryl methyl sites for hydroxylation is 1. The highest BCUT2D eigenvalue weighted by atomic mass is 35.5. The lowest BCUT2D eigenvalue weighted by Gasteiger charge is -2.41. The van der Waals surface area contributed by atoms with Crippen LogP contribution in [-0.2, 0) is 4.74 Å². The Morgan fingerprint density at radius 1 is 1.57 bits per heavy atom. The molecule has 118 valence electrons. The molecule has 0 aromatic carbocycles. The van der Waals surface area contributed by atoms with E-state index in [1.165, 1.54) is 34.8 Å². The van der Waals surface area contributed by atoms with Crippen molar-refractivity contribution in [2.24, 2.45) is 5.92 Å². The maximum Gasteiger partial charge on any atom is 0.0783 e. The fourth-order valence-electron chi connectivity index (χ4n) is 3.57. The van der Waals surface area contributed by atoms with Crippen LogP contribution in [0.1, 0.15) is 42.7 Å². The smallest absolute Gasteiger partial charge is 0.0783 e. The molecule has 1 aromatic heterocycles. The van der Waals surface area contributed by atoms with Crippen LogP contribution in [0.3, 0.4) is 0 Å². The predicted octanol–water partition coefficient (Wildman–Crippen LogP) is 4.66. The van der Waals surface area contributed by atoms with E-state index in [1.54, 1.807) is 0 Å². The van der Waals surface area contributed by atoms with Crippen molar-refractivity contribution in [2.45, 2.75) is 44.8 Å². The van der Waals surface area contributed by atoms with Crippen molar-refractivity contribution in [2.75, 3.05) is 24.7 Å². The van der Waals surface area contributed by atoms with Crippen molar-refractivity contribution in [1.82, 2.24) is 5.32 Å². The number of ether oxygens (including phenoxy) is 1. The molecule has 1 aromatic rings. The molecule has 2 aliphatic heterocycles. The molecule has 5 heteroatoms. The van der Waals surface area contributed by atoms with Crippen LogP contribution in [0.25, 0.3) is 0 Å². The van der Waals surface area contributed by atoms with Gasteiger partial charge < -0.3 is 10.1 Å². The van der Waals surface area contributed by atoms with E-state index in [9.17, 15) is 0 Å². The Hall–Kier alpha value is 0.260. The maximum atomic E-state index is 6.54. The molecule has 21 heavy (non-hydrogen) atoms. The third-order valence-corrected chi connectivity index (χ3v) is 7.72. The van der Waals surface area contributed by atoms with Gasteiger partial charge in [0.15, 0.2) is 0 Å². The van der Waals surface area contributed by atoms with E-state index in [0.717, 1.165) is 24.6 Å². The summed E-state index contributed by atoms with van der Waals surface area (Å²) < 4.78 is 6.18. The Morgan fingerprint density at radius 2 is 2.43 bits per heavy atom. The van der Waals surface area contributed by atoms with Crippen molar-refractivity contribution in [3.8, 4) is 0 Å². The molecular formula is C16H24ClNOS2. The Morgan fingerprint density at radius 3 is 3.05 bits per heavy atom. The fourth-order valence-corrected chi connectivity index (χ4v) is 6.42. The second kappa shape index (κ2) is 6.79. The zero-order valence-corrected chi connectivity index (χ0v) is 15.2. The highest BCUT2D eigenvalue weighted by molar-refractivity contribution is 7.99. The van der Waals surface area contributed by atoms with Crippen molar-refractivity contribution >= 4 is 34.7 Å². The van der Waals surface area contributed by atoms with Gasteiger partial charge in [-0.05, 0) is 55.3 Å². The molecule has 0 amide bonds.